The molecule has 2 rings (SSSR count). The molecular formula is C15H17NO. The van der Waals surface area contributed by atoms with Crippen LogP contribution in [-0.2, 0) is 12.8 Å². The number of nitrogens with two attached hydrogens (primary N) is 1. The summed E-state index contributed by atoms with van der Waals surface area (Å²) in [6.45, 7) is 2.07. The summed E-state index contributed by atoms with van der Waals surface area (Å²) in [7, 11) is 0. The van der Waals surface area contributed by atoms with Gasteiger partial charge in [0.25, 0.3) is 0 Å². The molecule has 2 aromatic rings. The molecule has 2 aromatic carbocycles. The molecule has 0 bridgehead atoms. The normalized spacial score (nSPS) is 10.4. The van der Waals surface area contributed by atoms with Crippen molar-refractivity contribution in [1.29, 1.82) is 0 Å². The maximum atomic E-state index is 9.20. The third-order valence-corrected chi connectivity index (χ3v) is 2.92. The van der Waals surface area contributed by atoms with Gasteiger partial charge in [0.1, 0.15) is 5.75 Å². The predicted molar refractivity (Wildman–Crippen MR) is 71.1 cm³/mol. The lowest BCUT2D eigenvalue weighted by Gasteiger charge is -2.07. The highest BCUT2D eigenvalue weighted by atomic mass is 16.3. The van der Waals surface area contributed by atoms with Crippen LogP contribution in [0.15, 0.2) is 42.5 Å². The molecule has 0 atom stereocenters. The number of hydrogen-bond donors (Lipinski definition) is 2. The summed E-state index contributed by atoms with van der Waals surface area (Å²) in [5, 5.41) is 9.20. The van der Waals surface area contributed by atoms with E-state index in [9.17, 15) is 5.11 Å². The molecule has 17 heavy (non-hydrogen) atoms. The standard InChI is InChI=1S/C15H17NO/c1-11-2-9-15(16)13(10-11)6-3-12-4-7-14(17)8-5-12/h2,4-5,7-10,17H,3,6,16H2,1H3. The minimum atomic E-state index is 0.309. The first kappa shape index (κ1) is 11.5. The largest absolute Gasteiger partial charge is 0.508 e. The van der Waals surface area contributed by atoms with Crippen molar-refractivity contribution < 1.29 is 5.11 Å². The molecule has 88 valence electrons. The Morgan fingerprint density at radius 3 is 2.41 bits per heavy atom. The van der Waals surface area contributed by atoms with Crippen molar-refractivity contribution in [3.63, 3.8) is 0 Å². The number of hydrogen-bond acceptors (Lipinski definition) is 2. The Kier molecular flexibility index (Phi) is 3.33. The lowest BCUT2D eigenvalue weighted by atomic mass is 10.0. The number of benzene rings is 2. The molecule has 0 unspecified atom stereocenters. The fraction of sp³-hybridized carbons (Fsp3) is 0.200. The van der Waals surface area contributed by atoms with E-state index >= 15 is 0 Å². The number of anilines is 1. The van der Waals surface area contributed by atoms with E-state index in [-0.39, 0.29) is 0 Å². The lowest BCUT2D eigenvalue weighted by Crippen LogP contribution is -1.97. The van der Waals surface area contributed by atoms with Gasteiger partial charge in [-0.25, -0.2) is 0 Å². The van der Waals surface area contributed by atoms with Crippen LogP contribution in [0.3, 0.4) is 0 Å². The minimum absolute atomic E-state index is 0.309. The van der Waals surface area contributed by atoms with Crippen LogP contribution in [0.25, 0.3) is 0 Å². The first-order chi connectivity index (χ1) is 8.15. The lowest BCUT2D eigenvalue weighted by molar-refractivity contribution is 0.475. The van der Waals surface area contributed by atoms with Gasteiger partial charge >= 0.3 is 0 Å². The van der Waals surface area contributed by atoms with Crippen molar-refractivity contribution >= 4 is 5.69 Å². The van der Waals surface area contributed by atoms with Gasteiger partial charge in [-0.1, -0.05) is 29.8 Å². The van der Waals surface area contributed by atoms with Crippen LogP contribution in [0.2, 0.25) is 0 Å². The number of rotatable bonds is 3. The zero-order chi connectivity index (χ0) is 12.3. The third-order valence-electron chi connectivity index (χ3n) is 2.92. The van der Waals surface area contributed by atoms with Crippen LogP contribution < -0.4 is 5.73 Å². The molecule has 0 aliphatic rings. The van der Waals surface area contributed by atoms with Crippen molar-refractivity contribution in [2.24, 2.45) is 0 Å². The SMILES string of the molecule is Cc1ccc(N)c(CCc2ccc(O)cc2)c1. The fourth-order valence-corrected chi connectivity index (χ4v) is 1.89. The third kappa shape index (κ3) is 3.00. The molecule has 0 spiro atoms. The zero-order valence-electron chi connectivity index (χ0n) is 9.98. The van der Waals surface area contributed by atoms with Gasteiger partial charge in [0, 0.05) is 5.69 Å². The van der Waals surface area contributed by atoms with Gasteiger partial charge in [-0.3, -0.25) is 0 Å². The first-order valence-corrected chi connectivity index (χ1v) is 5.78. The van der Waals surface area contributed by atoms with Crippen LogP contribution in [-0.4, -0.2) is 5.11 Å². The van der Waals surface area contributed by atoms with Crippen molar-refractivity contribution in [2.75, 3.05) is 5.73 Å². The summed E-state index contributed by atoms with van der Waals surface area (Å²) in [6, 6.07) is 13.4. The number of phenolic OH excluding ortho intramolecular Hbond substituents is 1. The molecule has 0 aliphatic carbocycles. The summed E-state index contributed by atoms with van der Waals surface area (Å²) in [4.78, 5) is 0. The summed E-state index contributed by atoms with van der Waals surface area (Å²) >= 11 is 0. The number of aryl methyl sites for hydroxylation is 3. The second-order valence-electron chi connectivity index (χ2n) is 4.37. The highest BCUT2D eigenvalue weighted by Gasteiger charge is 2.01. The van der Waals surface area contributed by atoms with E-state index in [1.54, 1.807) is 12.1 Å². The van der Waals surface area contributed by atoms with E-state index < -0.39 is 0 Å². The molecule has 0 fully saturated rings. The van der Waals surface area contributed by atoms with Crippen molar-refractivity contribution in [3.05, 3.63) is 59.2 Å². The maximum Gasteiger partial charge on any atom is 0.115 e. The second-order valence-corrected chi connectivity index (χ2v) is 4.37. The Bertz CT molecular complexity index is 503. The Hall–Kier alpha value is -1.96. The molecule has 2 heteroatoms. The summed E-state index contributed by atoms with van der Waals surface area (Å²) < 4.78 is 0. The summed E-state index contributed by atoms with van der Waals surface area (Å²) in [5.41, 5.74) is 10.4. The van der Waals surface area contributed by atoms with E-state index in [0.717, 1.165) is 18.5 Å². The molecule has 0 saturated heterocycles. The van der Waals surface area contributed by atoms with Crippen LogP contribution >= 0.6 is 0 Å². The molecule has 0 aliphatic heterocycles. The van der Waals surface area contributed by atoms with E-state index in [0.29, 0.717) is 5.75 Å². The Labute approximate surface area is 102 Å². The molecule has 0 radical (unpaired) electrons. The monoisotopic (exact) mass is 227 g/mol. The quantitative estimate of drug-likeness (QED) is 0.791. The van der Waals surface area contributed by atoms with Gasteiger partial charge in [0.05, 0.1) is 0 Å². The average molecular weight is 227 g/mol. The van der Waals surface area contributed by atoms with E-state index in [4.69, 9.17) is 5.73 Å². The number of aromatic hydroxyl groups is 1. The highest BCUT2D eigenvalue weighted by Crippen LogP contribution is 2.17. The number of nitrogen functional groups attached to an aromatic ring is 1. The van der Waals surface area contributed by atoms with Crippen LogP contribution in [0.1, 0.15) is 16.7 Å². The molecule has 0 heterocycles. The van der Waals surface area contributed by atoms with E-state index in [2.05, 4.69) is 13.0 Å². The van der Waals surface area contributed by atoms with Gasteiger partial charge < -0.3 is 10.8 Å². The highest BCUT2D eigenvalue weighted by molar-refractivity contribution is 5.48. The van der Waals surface area contributed by atoms with Gasteiger partial charge in [0.2, 0.25) is 0 Å². The molecular weight excluding hydrogens is 210 g/mol. The minimum Gasteiger partial charge on any atom is -0.508 e. The van der Waals surface area contributed by atoms with Gasteiger partial charge in [-0.15, -0.1) is 0 Å². The van der Waals surface area contributed by atoms with Gasteiger partial charge in [-0.05, 0) is 49.1 Å². The van der Waals surface area contributed by atoms with Crippen LogP contribution in [0.4, 0.5) is 5.69 Å². The van der Waals surface area contributed by atoms with Crippen molar-refractivity contribution in [1.82, 2.24) is 0 Å². The first-order valence-electron chi connectivity index (χ1n) is 5.78. The van der Waals surface area contributed by atoms with Crippen LogP contribution in [0.5, 0.6) is 5.75 Å². The van der Waals surface area contributed by atoms with Crippen molar-refractivity contribution in [2.45, 2.75) is 19.8 Å². The fourth-order valence-electron chi connectivity index (χ4n) is 1.89. The molecule has 0 amide bonds. The molecule has 0 aromatic heterocycles. The van der Waals surface area contributed by atoms with Gasteiger partial charge in [-0.2, -0.15) is 0 Å². The van der Waals surface area contributed by atoms with Crippen LogP contribution in [0, 0.1) is 6.92 Å². The number of phenols is 1. The Balaban J connectivity index is 2.07. The van der Waals surface area contributed by atoms with E-state index in [1.165, 1.54) is 16.7 Å². The summed E-state index contributed by atoms with van der Waals surface area (Å²) in [6.07, 6.45) is 1.87. The maximum absolute atomic E-state index is 9.20. The predicted octanol–water partition coefficient (Wildman–Crippen LogP) is 3.07. The average Bonchev–Trinajstić information content (AvgIpc) is 2.32. The van der Waals surface area contributed by atoms with Gasteiger partial charge in [0.15, 0.2) is 0 Å². The Morgan fingerprint density at radius 1 is 1.00 bits per heavy atom. The second kappa shape index (κ2) is 4.91. The van der Waals surface area contributed by atoms with Crippen molar-refractivity contribution in [3.8, 4) is 5.75 Å². The zero-order valence-corrected chi connectivity index (χ0v) is 9.98. The molecule has 3 N–H and O–H groups in total. The molecule has 0 saturated carbocycles. The smallest absolute Gasteiger partial charge is 0.115 e. The Morgan fingerprint density at radius 2 is 1.71 bits per heavy atom. The molecule has 2 nitrogen and oxygen atoms in total. The topological polar surface area (TPSA) is 46.2 Å². The van der Waals surface area contributed by atoms with E-state index in [1.807, 2.05) is 24.3 Å². The summed E-state index contributed by atoms with van der Waals surface area (Å²) in [5.74, 6) is 0.309.